The molecule has 2 N–H and O–H groups in total. The molecule has 2 aromatic heterocycles. The van der Waals surface area contributed by atoms with E-state index in [0.29, 0.717) is 30.5 Å². The fourth-order valence-corrected chi connectivity index (χ4v) is 4.76. The van der Waals surface area contributed by atoms with Crippen molar-refractivity contribution in [1.29, 1.82) is 0 Å². The third kappa shape index (κ3) is 4.09. The summed E-state index contributed by atoms with van der Waals surface area (Å²) in [5.74, 6) is 0.959. The van der Waals surface area contributed by atoms with E-state index in [-0.39, 0.29) is 29.6 Å². The second kappa shape index (κ2) is 9.30. The van der Waals surface area contributed by atoms with Crippen molar-refractivity contribution in [3.63, 3.8) is 0 Å². The molecule has 0 bridgehead atoms. The Labute approximate surface area is 207 Å². The van der Waals surface area contributed by atoms with Gasteiger partial charge in [0.25, 0.3) is 5.56 Å². The average Bonchev–Trinajstić information content (AvgIpc) is 3.49. The molecule has 0 amide bonds. The van der Waals surface area contributed by atoms with Crippen molar-refractivity contribution in [2.75, 3.05) is 24.8 Å². The Morgan fingerprint density at radius 3 is 2.78 bits per heavy atom. The number of anilines is 1. The highest BCUT2D eigenvalue weighted by Crippen LogP contribution is 2.35. The van der Waals surface area contributed by atoms with E-state index in [4.69, 9.17) is 20.2 Å². The molecule has 0 radical (unpaired) electrons. The topological polar surface area (TPSA) is 127 Å². The van der Waals surface area contributed by atoms with E-state index in [1.165, 1.54) is 4.57 Å². The molecule has 0 aliphatic carbocycles. The van der Waals surface area contributed by atoms with Gasteiger partial charge in [0.05, 0.1) is 12.1 Å². The molecule has 0 spiro atoms. The SMILES string of the molecule is CC(C)=CCn1c(N2CCCC(N)C2)nc2c1c(=O)n(CC(=O)c1cccc3c1OCO3)c(=O)n2C. The van der Waals surface area contributed by atoms with Gasteiger partial charge in [-0.1, -0.05) is 17.7 Å². The molecule has 0 saturated carbocycles. The van der Waals surface area contributed by atoms with Crippen LogP contribution in [-0.2, 0) is 20.1 Å². The summed E-state index contributed by atoms with van der Waals surface area (Å²) in [5.41, 5.74) is 6.94. The van der Waals surface area contributed by atoms with Gasteiger partial charge in [0, 0.05) is 32.7 Å². The van der Waals surface area contributed by atoms with E-state index >= 15 is 0 Å². The lowest BCUT2D eigenvalue weighted by atomic mass is 10.1. The van der Waals surface area contributed by atoms with Gasteiger partial charge in [-0.25, -0.2) is 4.79 Å². The van der Waals surface area contributed by atoms with Crippen LogP contribution in [0.15, 0.2) is 39.4 Å². The summed E-state index contributed by atoms with van der Waals surface area (Å²) in [5, 5.41) is 0. The molecule has 11 heteroatoms. The second-order valence-electron chi connectivity index (χ2n) is 9.52. The third-order valence-corrected chi connectivity index (χ3v) is 6.63. The fraction of sp³-hybridized carbons (Fsp3) is 0.440. The van der Waals surface area contributed by atoms with Crippen molar-refractivity contribution in [3.8, 4) is 11.5 Å². The number of nitrogens with zero attached hydrogens (tertiary/aromatic N) is 5. The number of nitrogens with two attached hydrogens (primary N) is 1. The molecular formula is C25H30N6O5. The lowest BCUT2D eigenvalue weighted by Gasteiger charge is -2.31. The fourth-order valence-electron chi connectivity index (χ4n) is 4.76. The van der Waals surface area contributed by atoms with Gasteiger partial charge in [0.1, 0.15) is 0 Å². The number of hydrogen-bond acceptors (Lipinski definition) is 8. The number of ether oxygens (including phenoxy) is 2. The van der Waals surface area contributed by atoms with Gasteiger partial charge in [-0.3, -0.25) is 18.7 Å². The Morgan fingerprint density at radius 2 is 2.03 bits per heavy atom. The quantitative estimate of drug-likeness (QED) is 0.403. The number of fused-ring (bicyclic) bond motifs is 2. The molecule has 190 valence electrons. The number of aromatic nitrogens is 4. The molecule has 36 heavy (non-hydrogen) atoms. The molecule has 3 aromatic rings. The van der Waals surface area contributed by atoms with Crippen LogP contribution < -0.4 is 31.4 Å². The molecule has 2 aliphatic rings. The van der Waals surface area contributed by atoms with Crippen LogP contribution in [0, 0.1) is 0 Å². The highest BCUT2D eigenvalue weighted by atomic mass is 16.7. The largest absolute Gasteiger partial charge is 0.454 e. The minimum absolute atomic E-state index is 0.00682. The number of imidazole rings is 1. The molecule has 1 unspecified atom stereocenters. The number of para-hydroxylation sites is 1. The lowest BCUT2D eigenvalue weighted by molar-refractivity contribution is 0.0964. The summed E-state index contributed by atoms with van der Waals surface area (Å²) < 4.78 is 14.9. The second-order valence-corrected chi connectivity index (χ2v) is 9.52. The first-order chi connectivity index (χ1) is 17.3. The Hall–Kier alpha value is -3.86. The highest BCUT2D eigenvalue weighted by Gasteiger charge is 2.28. The van der Waals surface area contributed by atoms with Crippen molar-refractivity contribution >= 4 is 22.9 Å². The van der Waals surface area contributed by atoms with Crippen molar-refractivity contribution in [2.45, 2.75) is 45.8 Å². The summed E-state index contributed by atoms with van der Waals surface area (Å²) in [4.78, 5) is 47.0. The summed E-state index contributed by atoms with van der Waals surface area (Å²) in [6.45, 7) is 5.31. The Bertz CT molecular complexity index is 1490. The summed E-state index contributed by atoms with van der Waals surface area (Å²) in [7, 11) is 1.56. The van der Waals surface area contributed by atoms with Gasteiger partial charge in [-0.2, -0.15) is 4.98 Å². The van der Waals surface area contributed by atoms with E-state index in [2.05, 4.69) is 4.90 Å². The number of benzene rings is 1. The third-order valence-electron chi connectivity index (χ3n) is 6.63. The number of ketones is 1. The van der Waals surface area contributed by atoms with Crippen LogP contribution in [0.4, 0.5) is 5.95 Å². The maximum absolute atomic E-state index is 13.7. The van der Waals surface area contributed by atoms with Gasteiger partial charge < -0.3 is 24.7 Å². The zero-order chi connectivity index (χ0) is 25.6. The summed E-state index contributed by atoms with van der Waals surface area (Å²) in [6, 6.07) is 4.98. The number of carbonyl (C=O) groups excluding carboxylic acids is 1. The molecule has 11 nitrogen and oxygen atoms in total. The number of rotatable bonds is 6. The zero-order valence-electron chi connectivity index (χ0n) is 20.7. The van der Waals surface area contributed by atoms with E-state index in [1.807, 2.05) is 24.5 Å². The first-order valence-electron chi connectivity index (χ1n) is 12.0. The predicted molar refractivity (Wildman–Crippen MR) is 135 cm³/mol. The Kier molecular flexibility index (Phi) is 6.17. The molecule has 1 atom stereocenters. The first-order valence-corrected chi connectivity index (χ1v) is 12.0. The van der Waals surface area contributed by atoms with E-state index in [9.17, 15) is 14.4 Å². The molecule has 4 heterocycles. The van der Waals surface area contributed by atoms with E-state index in [0.717, 1.165) is 29.5 Å². The molecule has 5 rings (SSSR count). The molecule has 2 aliphatic heterocycles. The first kappa shape index (κ1) is 23.9. The number of allylic oxidation sites excluding steroid dienone is 2. The molecular weight excluding hydrogens is 464 g/mol. The molecule has 1 saturated heterocycles. The summed E-state index contributed by atoms with van der Waals surface area (Å²) >= 11 is 0. The van der Waals surface area contributed by atoms with Crippen molar-refractivity contribution in [3.05, 3.63) is 56.2 Å². The van der Waals surface area contributed by atoms with Crippen LogP contribution in [0.25, 0.3) is 11.2 Å². The minimum atomic E-state index is -0.612. The van der Waals surface area contributed by atoms with Gasteiger partial charge in [-0.15, -0.1) is 0 Å². The van der Waals surface area contributed by atoms with Crippen molar-refractivity contribution in [2.24, 2.45) is 12.8 Å². The normalized spacial score (nSPS) is 17.0. The van der Waals surface area contributed by atoms with Gasteiger partial charge in [-0.05, 0) is 38.8 Å². The minimum Gasteiger partial charge on any atom is -0.454 e. The summed E-state index contributed by atoms with van der Waals surface area (Å²) in [6.07, 6.45) is 3.84. The molecule has 1 fully saturated rings. The number of carbonyl (C=O) groups is 1. The van der Waals surface area contributed by atoms with Gasteiger partial charge in [0.2, 0.25) is 12.7 Å². The van der Waals surface area contributed by atoms with Gasteiger partial charge >= 0.3 is 5.69 Å². The van der Waals surface area contributed by atoms with Crippen LogP contribution in [0.1, 0.15) is 37.0 Å². The maximum Gasteiger partial charge on any atom is 0.332 e. The number of Topliss-reactive ketones (excluding diaryl/α,β-unsaturated/α-hetero) is 1. The van der Waals surface area contributed by atoms with Crippen LogP contribution in [0.2, 0.25) is 0 Å². The van der Waals surface area contributed by atoms with E-state index < -0.39 is 23.6 Å². The van der Waals surface area contributed by atoms with E-state index in [1.54, 1.807) is 25.2 Å². The van der Waals surface area contributed by atoms with Crippen molar-refractivity contribution in [1.82, 2.24) is 18.7 Å². The number of hydrogen-bond donors (Lipinski definition) is 1. The zero-order valence-corrected chi connectivity index (χ0v) is 20.7. The predicted octanol–water partition coefficient (Wildman–Crippen LogP) is 1.40. The Balaban J connectivity index is 1.64. The Morgan fingerprint density at radius 1 is 1.22 bits per heavy atom. The highest BCUT2D eigenvalue weighted by molar-refractivity contribution is 5.99. The molecule has 1 aromatic carbocycles. The standard InChI is InChI=1S/C25H30N6O5/c1-15(2)9-11-30-20-22(27-24(30)29-10-5-6-16(26)12-29)28(3)25(34)31(23(20)33)13-18(32)17-7-4-8-19-21(17)36-14-35-19/h4,7-9,16H,5-6,10-14,26H2,1-3H3. The van der Waals surface area contributed by atoms with Gasteiger partial charge in [0.15, 0.2) is 28.4 Å². The number of aryl methyl sites for hydroxylation is 1. The number of piperidine rings is 1. The lowest BCUT2D eigenvalue weighted by Crippen LogP contribution is -2.44. The smallest absolute Gasteiger partial charge is 0.332 e. The van der Waals surface area contributed by atoms with Crippen molar-refractivity contribution < 1.29 is 14.3 Å². The monoisotopic (exact) mass is 494 g/mol. The maximum atomic E-state index is 13.7. The average molecular weight is 495 g/mol. The van der Waals surface area contributed by atoms with Crippen LogP contribution in [-0.4, -0.2) is 50.4 Å². The van der Waals surface area contributed by atoms with Crippen LogP contribution >= 0.6 is 0 Å². The van der Waals surface area contributed by atoms with Crippen LogP contribution in [0.3, 0.4) is 0 Å². The van der Waals surface area contributed by atoms with Crippen LogP contribution in [0.5, 0.6) is 11.5 Å².